The van der Waals surface area contributed by atoms with Crippen molar-refractivity contribution in [1.82, 2.24) is 0 Å². The Morgan fingerprint density at radius 3 is 2.65 bits per heavy atom. The average molecular weight is 297 g/mol. The predicted octanol–water partition coefficient (Wildman–Crippen LogP) is 4.05. The summed E-state index contributed by atoms with van der Waals surface area (Å²) in [6.45, 7) is 4.58. The number of benzene rings is 1. The van der Waals surface area contributed by atoms with E-state index in [9.17, 15) is 0 Å². The van der Waals surface area contributed by atoms with E-state index < -0.39 is 0 Å². The van der Waals surface area contributed by atoms with Crippen molar-refractivity contribution in [3.63, 3.8) is 0 Å². The number of hydrogen-bond donors (Lipinski definition) is 1. The molecule has 2 N–H and O–H groups in total. The first kappa shape index (κ1) is 12.7. The predicted molar refractivity (Wildman–Crippen MR) is 78.4 cm³/mol. The average Bonchev–Trinajstić information content (AvgIpc) is 2.31. The number of halogens is 1. The van der Waals surface area contributed by atoms with Gasteiger partial charge >= 0.3 is 0 Å². The Labute approximate surface area is 112 Å². The van der Waals surface area contributed by atoms with Crippen LogP contribution in [-0.4, -0.2) is 13.1 Å². The van der Waals surface area contributed by atoms with E-state index in [4.69, 9.17) is 5.73 Å². The molecule has 0 bridgehead atoms. The van der Waals surface area contributed by atoms with Gasteiger partial charge in [-0.2, -0.15) is 0 Å². The number of nitrogens with zero attached hydrogens (tertiary/aromatic N) is 1. The summed E-state index contributed by atoms with van der Waals surface area (Å²) < 4.78 is 1.06. The molecule has 0 amide bonds. The van der Waals surface area contributed by atoms with Gasteiger partial charge in [0.2, 0.25) is 0 Å². The third kappa shape index (κ3) is 3.15. The molecule has 0 spiro atoms. The number of nitrogen functional groups attached to an aromatic ring is 1. The summed E-state index contributed by atoms with van der Waals surface area (Å²) >= 11 is 3.45. The Morgan fingerprint density at radius 1 is 1.35 bits per heavy atom. The minimum absolute atomic E-state index is 0.883. The van der Waals surface area contributed by atoms with Crippen LogP contribution in [-0.2, 0) is 0 Å². The molecule has 1 aromatic carbocycles. The monoisotopic (exact) mass is 296 g/mol. The van der Waals surface area contributed by atoms with E-state index >= 15 is 0 Å². The number of hydrogen-bond acceptors (Lipinski definition) is 2. The van der Waals surface area contributed by atoms with Crippen LogP contribution in [0.4, 0.5) is 11.4 Å². The van der Waals surface area contributed by atoms with Crippen molar-refractivity contribution >= 4 is 27.3 Å². The van der Waals surface area contributed by atoms with E-state index in [1.54, 1.807) is 0 Å². The molecule has 2 nitrogen and oxygen atoms in total. The Balaban J connectivity index is 2.00. The second-order valence-corrected chi connectivity index (χ2v) is 5.84. The molecular formula is C14H21BrN2. The zero-order valence-electron chi connectivity index (χ0n) is 10.5. The SMILES string of the molecule is CCCC1CCN(c2ccc(Br)cc2N)CC1. The molecule has 0 aromatic heterocycles. The van der Waals surface area contributed by atoms with Gasteiger partial charge in [0, 0.05) is 17.6 Å². The van der Waals surface area contributed by atoms with Gasteiger partial charge in [-0.15, -0.1) is 0 Å². The lowest BCUT2D eigenvalue weighted by Gasteiger charge is -2.34. The van der Waals surface area contributed by atoms with Gasteiger partial charge in [-0.05, 0) is 37.0 Å². The zero-order valence-corrected chi connectivity index (χ0v) is 12.0. The molecule has 3 heteroatoms. The maximum atomic E-state index is 6.07. The number of piperidine rings is 1. The van der Waals surface area contributed by atoms with Crippen molar-refractivity contribution in [3.8, 4) is 0 Å². The fourth-order valence-corrected chi connectivity index (χ4v) is 3.06. The van der Waals surface area contributed by atoms with Crippen LogP contribution < -0.4 is 10.6 Å². The second kappa shape index (κ2) is 5.76. The molecule has 0 aliphatic carbocycles. The normalized spacial score (nSPS) is 17.4. The summed E-state index contributed by atoms with van der Waals surface area (Å²) in [6, 6.07) is 6.19. The Bertz CT molecular complexity index is 370. The highest BCUT2D eigenvalue weighted by Crippen LogP contribution is 2.31. The summed E-state index contributed by atoms with van der Waals surface area (Å²) in [6.07, 6.45) is 5.31. The first-order valence-electron chi connectivity index (χ1n) is 6.50. The molecule has 17 heavy (non-hydrogen) atoms. The fourth-order valence-electron chi connectivity index (χ4n) is 2.68. The second-order valence-electron chi connectivity index (χ2n) is 4.92. The number of nitrogens with two attached hydrogens (primary N) is 1. The van der Waals surface area contributed by atoms with E-state index in [-0.39, 0.29) is 0 Å². The van der Waals surface area contributed by atoms with E-state index in [1.165, 1.54) is 31.4 Å². The third-order valence-corrected chi connectivity index (χ3v) is 4.13. The highest BCUT2D eigenvalue weighted by molar-refractivity contribution is 9.10. The Morgan fingerprint density at radius 2 is 2.06 bits per heavy atom. The maximum Gasteiger partial charge on any atom is 0.0600 e. The fraction of sp³-hybridized carbons (Fsp3) is 0.571. The summed E-state index contributed by atoms with van der Waals surface area (Å²) in [5, 5.41) is 0. The highest BCUT2D eigenvalue weighted by atomic mass is 79.9. The van der Waals surface area contributed by atoms with Crippen LogP contribution in [0.3, 0.4) is 0 Å². The molecule has 0 unspecified atom stereocenters. The molecule has 1 saturated heterocycles. The summed E-state index contributed by atoms with van der Waals surface area (Å²) in [7, 11) is 0. The first-order chi connectivity index (χ1) is 8.20. The van der Waals surface area contributed by atoms with Crippen LogP contribution in [0.2, 0.25) is 0 Å². The summed E-state index contributed by atoms with van der Waals surface area (Å²) in [4.78, 5) is 2.42. The standard InChI is InChI=1S/C14H21BrN2/c1-2-3-11-6-8-17(9-7-11)14-5-4-12(15)10-13(14)16/h4-5,10-11H,2-3,6-9,16H2,1H3. The highest BCUT2D eigenvalue weighted by Gasteiger charge is 2.19. The lowest BCUT2D eigenvalue weighted by molar-refractivity contribution is 0.378. The largest absolute Gasteiger partial charge is 0.397 e. The van der Waals surface area contributed by atoms with Crippen LogP contribution in [0.1, 0.15) is 32.6 Å². The van der Waals surface area contributed by atoms with Crippen LogP contribution in [0.25, 0.3) is 0 Å². The van der Waals surface area contributed by atoms with Crippen molar-refractivity contribution in [1.29, 1.82) is 0 Å². The van der Waals surface area contributed by atoms with Gasteiger partial charge in [0.1, 0.15) is 0 Å². The summed E-state index contributed by atoms with van der Waals surface area (Å²) in [5.74, 6) is 0.924. The van der Waals surface area contributed by atoms with Crippen molar-refractivity contribution in [2.75, 3.05) is 23.7 Å². The van der Waals surface area contributed by atoms with Gasteiger partial charge in [0.25, 0.3) is 0 Å². The van der Waals surface area contributed by atoms with E-state index in [1.807, 2.05) is 6.07 Å². The van der Waals surface area contributed by atoms with Crippen molar-refractivity contribution < 1.29 is 0 Å². The lowest BCUT2D eigenvalue weighted by atomic mass is 9.92. The molecule has 0 atom stereocenters. The topological polar surface area (TPSA) is 29.3 Å². The van der Waals surface area contributed by atoms with Gasteiger partial charge in [-0.3, -0.25) is 0 Å². The number of rotatable bonds is 3. The molecule has 1 aliphatic heterocycles. The van der Waals surface area contributed by atoms with Gasteiger partial charge in [0.05, 0.1) is 11.4 Å². The van der Waals surface area contributed by atoms with E-state index in [0.29, 0.717) is 0 Å². The third-order valence-electron chi connectivity index (χ3n) is 3.64. The van der Waals surface area contributed by atoms with Crippen molar-refractivity contribution in [2.24, 2.45) is 5.92 Å². The molecule has 0 saturated carbocycles. The molecule has 94 valence electrons. The van der Waals surface area contributed by atoms with Crippen molar-refractivity contribution in [3.05, 3.63) is 22.7 Å². The quantitative estimate of drug-likeness (QED) is 0.853. The minimum atomic E-state index is 0.883. The molecule has 1 aromatic rings. The van der Waals surface area contributed by atoms with Crippen molar-refractivity contribution in [2.45, 2.75) is 32.6 Å². The maximum absolute atomic E-state index is 6.07. The van der Waals surface area contributed by atoms with Gasteiger partial charge < -0.3 is 10.6 Å². The molecule has 1 fully saturated rings. The first-order valence-corrected chi connectivity index (χ1v) is 7.30. The Hall–Kier alpha value is -0.700. The molecule has 0 radical (unpaired) electrons. The van der Waals surface area contributed by atoms with E-state index in [0.717, 1.165) is 29.2 Å². The van der Waals surface area contributed by atoms with Crippen LogP contribution in [0.15, 0.2) is 22.7 Å². The van der Waals surface area contributed by atoms with Gasteiger partial charge in [-0.25, -0.2) is 0 Å². The minimum Gasteiger partial charge on any atom is -0.397 e. The molecule has 1 heterocycles. The van der Waals surface area contributed by atoms with Crippen LogP contribution in [0.5, 0.6) is 0 Å². The summed E-state index contributed by atoms with van der Waals surface area (Å²) in [5.41, 5.74) is 8.15. The van der Waals surface area contributed by atoms with Crippen LogP contribution in [0, 0.1) is 5.92 Å². The molecule has 1 aliphatic rings. The molecular weight excluding hydrogens is 276 g/mol. The van der Waals surface area contributed by atoms with Gasteiger partial charge in [0.15, 0.2) is 0 Å². The van der Waals surface area contributed by atoms with Crippen LogP contribution >= 0.6 is 15.9 Å². The van der Waals surface area contributed by atoms with Gasteiger partial charge in [-0.1, -0.05) is 35.7 Å². The molecule has 2 rings (SSSR count). The van der Waals surface area contributed by atoms with E-state index in [2.05, 4.69) is 39.9 Å². The Kier molecular flexibility index (Phi) is 4.32. The smallest absolute Gasteiger partial charge is 0.0600 e. The lowest BCUT2D eigenvalue weighted by Crippen LogP contribution is -2.34. The number of anilines is 2. The zero-order chi connectivity index (χ0) is 12.3.